The van der Waals surface area contributed by atoms with Crippen molar-refractivity contribution in [2.75, 3.05) is 18.5 Å². The van der Waals surface area contributed by atoms with E-state index in [1.165, 1.54) is 0 Å². The topological polar surface area (TPSA) is 47.6 Å². The molecule has 3 rings (SSSR count). The average Bonchev–Trinajstić information content (AvgIpc) is 2.97. The highest BCUT2D eigenvalue weighted by Gasteiger charge is 2.14. The lowest BCUT2D eigenvalue weighted by Crippen LogP contribution is -2.12. The van der Waals surface area contributed by atoms with Gasteiger partial charge in [-0.1, -0.05) is 0 Å². The minimum atomic E-state index is -0.120. The summed E-state index contributed by atoms with van der Waals surface area (Å²) < 4.78 is 11.0. The Morgan fingerprint density at radius 2 is 2.14 bits per heavy atom. The SMILES string of the molecule is CCOc1ccc(C(=O)Nc2ccc3c(c2)CCO3)cc1C. The number of carbonyl (C=O) groups is 1. The maximum Gasteiger partial charge on any atom is 0.255 e. The first-order valence-corrected chi connectivity index (χ1v) is 7.48. The Bertz CT molecular complexity index is 709. The zero-order valence-electron chi connectivity index (χ0n) is 12.8. The van der Waals surface area contributed by atoms with Crippen molar-refractivity contribution in [1.82, 2.24) is 0 Å². The molecule has 0 unspecified atom stereocenters. The molecule has 1 aliphatic heterocycles. The second-order valence-corrected chi connectivity index (χ2v) is 5.29. The molecule has 0 spiro atoms. The maximum atomic E-state index is 12.4. The molecular formula is C18H19NO3. The van der Waals surface area contributed by atoms with Crippen molar-refractivity contribution in [3.63, 3.8) is 0 Å². The summed E-state index contributed by atoms with van der Waals surface area (Å²) in [5.41, 5.74) is 3.51. The van der Waals surface area contributed by atoms with Gasteiger partial charge in [0.2, 0.25) is 0 Å². The number of aryl methyl sites for hydroxylation is 1. The van der Waals surface area contributed by atoms with Crippen molar-refractivity contribution >= 4 is 11.6 Å². The van der Waals surface area contributed by atoms with Gasteiger partial charge >= 0.3 is 0 Å². The van der Waals surface area contributed by atoms with Crippen molar-refractivity contribution < 1.29 is 14.3 Å². The first-order chi connectivity index (χ1) is 10.7. The molecule has 1 heterocycles. The summed E-state index contributed by atoms with van der Waals surface area (Å²) in [6, 6.07) is 11.2. The van der Waals surface area contributed by atoms with Gasteiger partial charge in [-0.15, -0.1) is 0 Å². The van der Waals surface area contributed by atoms with E-state index < -0.39 is 0 Å². The van der Waals surface area contributed by atoms with E-state index in [0.29, 0.717) is 18.8 Å². The molecule has 0 saturated heterocycles. The number of carbonyl (C=O) groups excluding carboxylic acids is 1. The van der Waals surface area contributed by atoms with Crippen molar-refractivity contribution in [3.8, 4) is 11.5 Å². The van der Waals surface area contributed by atoms with E-state index in [1.807, 2.05) is 44.2 Å². The van der Waals surface area contributed by atoms with Crippen molar-refractivity contribution in [2.45, 2.75) is 20.3 Å². The van der Waals surface area contributed by atoms with Crippen LogP contribution in [0.25, 0.3) is 0 Å². The minimum Gasteiger partial charge on any atom is -0.494 e. The number of amides is 1. The fourth-order valence-electron chi connectivity index (χ4n) is 2.58. The number of fused-ring (bicyclic) bond motifs is 1. The van der Waals surface area contributed by atoms with E-state index in [0.717, 1.165) is 34.7 Å². The first kappa shape index (κ1) is 14.4. The fourth-order valence-corrected chi connectivity index (χ4v) is 2.58. The van der Waals surface area contributed by atoms with Gasteiger partial charge in [-0.05, 0) is 61.4 Å². The van der Waals surface area contributed by atoms with Gasteiger partial charge in [0.15, 0.2) is 0 Å². The summed E-state index contributed by atoms with van der Waals surface area (Å²) in [7, 11) is 0. The van der Waals surface area contributed by atoms with Crippen molar-refractivity contribution in [1.29, 1.82) is 0 Å². The summed E-state index contributed by atoms with van der Waals surface area (Å²) >= 11 is 0. The molecule has 0 aromatic heterocycles. The zero-order chi connectivity index (χ0) is 15.5. The Labute approximate surface area is 130 Å². The number of ether oxygens (including phenoxy) is 2. The van der Waals surface area contributed by atoms with Crippen LogP contribution >= 0.6 is 0 Å². The Kier molecular flexibility index (Phi) is 4.00. The highest BCUT2D eigenvalue weighted by molar-refractivity contribution is 6.04. The predicted octanol–water partition coefficient (Wildman–Crippen LogP) is 3.58. The number of benzene rings is 2. The highest BCUT2D eigenvalue weighted by Crippen LogP contribution is 2.28. The van der Waals surface area contributed by atoms with Gasteiger partial charge < -0.3 is 14.8 Å². The third kappa shape index (κ3) is 2.91. The van der Waals surface area contributed by atoms with Gasteiger partial charge in [-0.25, -0.2) is 0 Å². The van der Waals surface area contributed by atoms with Crippen LogP contribution in [0.15, 0.2) is 36.4 Å². The molecule has 4 nitrogen and oxygen atoms in total. The Morgan fingerprint density at radius 1 is 1.27 bits per heavy atom. The van der Waals surface area contributed by atoms with Crippen LogP contribution in [-0.2, 0) is 6.42 Å². The maximum absolute atomic E-state index is 12.4. The van der Waals surface area contributed by atoms with E-state index >= 15 is 0 Å². The number of rotatable bonds is 4. The van der Waals surface area contributed by atoms with Gasteiger partial charge in [0.1, 0.15) is 11.5 Å². The van der Waals surface area contributed by atoms with Crippen LogP contribution < -0.4 is 14.8 Å². The van der Waals surface area contributed by atoms with Gasteiger partial charge in [0.05, 0.1) is 13.2 Å². The summed E-state index contributed by atoms with van der Waals surface area (Å²) in [5, 5.41) is 2.93. The predicted molar refractivity (Wildman–Crippen MR) is 85.9 cm³/mol. The molecule has 1 aliphatic rings. The normalized spacial score (nSPS) is 12.5. The molecule has 0 radical (unpaired) electrons. The van der Waals surface area contributed by atoms with Crippen LogP contribution in [0.5, 0.6) is 11.5 Å². The lowest BCUT2D eigenvalue weighted by atomic mass is 10.1. The zero-order valence-corrected chi connectivity index (χ0v) is 12.8. The third-order valence-corrected chi connectivity index (χ3v) is 3.68. The van der Waals surface area contributed by atoms with Crippen LogP contribution in [-0.4, -0.2) is 19.1 Å². The van der Waals surface area contributed by atoms with Crippen molar-refractivity contribution in [2.24, 2.45) is 0 Å². The van der Waals surface area contributed by atoms with Crippen LogP contribution in [0.1, 0.15) is 28.4 Å². The largest absolute Gasteiger partial charge is 0.494 e. The standard InChI is InChI=1S/C18H19NO3/c1-3-21-16-6-4-14(10-12(16)2)18(20)19-15-5-7-17-13(11-15)8-9-22-17/h4-7,10-11H,3,8-9H2,1-2H3,(H,19,20). The Balaban J connectivity index is 1.75. The Morgan fingerprint density at radius 3 is 2.91 bits per heavy atom. The first-order valence-electron chi connectivity index (χ1n) is 7.48. The minimum absolute atomic E-state index is 0.120. The molecule has 0 fully saturated rings. The van der Waals surface area contributed by atoms with Gasteiger partial charge in [0, 0.05) is 17.7 Å². The average molecular weight is 297 g/mol. The number of hydrogen-bond acceptors (Lipinski definition) is 3. The molecule has 114 valence electrons. The molecule has 0 saturated carbocycles. The monoisotopic (exact) mass is 297 g/mol. The van der Waals surface area contributed by atoms with Crippen LogP contribution in [0, 0.1) is 6.92 Å². The summed E-state index contributed by atoms with van der Waals surface area (Å²) in [6.07, 6.45) is 0.890. The van der Waals surface area contributed by atoms with Gasteiger partial charge in [-0.3, -0.25) is 4.79 Å². The summed E-state index contributed by atoms with van der Waals surface area (Å²) in [6.45, 7) is 5.21. The molecule has 4 heteroatoms. The van der Waals surface area contributed by atoms with E-state index in [-0.39, 0.29) is 5.91 Å². The van der Waals surface area contributed by atoms with Crippen LogP contribution in [0.2, 0.25) is 0 Å². The number of anilines is 1. The summed E-state index contributed by atoms with van der Waals surface area (Å²) in [5.74, 6) is 1.61. The molecule has 2 aromatic rings. The van der Waals surface area contributed by atoms with E-state index in [1.54, 1.807) is 6.07 Å². The number of nitrogens with one attached hydrogen (secondary N) is 1. The molecule has 0 aliphatic carbocycles. The lowest BCUT2D eigenvalue weighted by molar-refractivity contribution is 0.102. The molecule has 22 heavy (non-hydrogen) atoms. The van der Waals surface area contributed by atoms with E-state index in [9.17, 15) is 4.79 Å². The fraction of sp³-hybridized carbons (Fsp3) is 0.278. The van der Waals surface area contributed by atoms with Gasteiger partial charge in [-0.2, -0.15) is 0 Å². The second-order valence-electron chi connectivity index (χ2n) is 5.29. The van der Waals surface area contributed by atoms with E-state index in [4.69, 9.17) is 9.47 Å². The molecule has 0 atom stereocenters. The molecule has 1 N–H and O–H groups in total. The molecular weight excluding hydrogens is 278 g/mol. The Hall–Kier alpha value is -2.49. The highest BCUT2D eigenvalue weighted by atomic mass is 16.5. The van der Waals surface area contributed by atoms with Crippen LogP contribution in [0.4, 0.5) is 5.69 Å². The number of hydrogen-bond donors (Lipinski definition) is 1. The quantitative estimate of drug-likeness (QED) is 0.938. The third-order valence-electron chi connectivity index (χ3n) is 3.68. The lowest BCUT2D eigenvalue weighted by Gasteiger charge is -2.10. The second kappa shape index (κ2) is 6.10. The molecule has 0 bridgehead atoms. The smallest absolute Gasteiger partial charge is 0.255 e. The van der Waals surface area contributed by atoms with Crippen LogP contribution in [0.3, 0.4) is 0 Å². The van der Waals surface area contributed by atoms with Gasteiger partial charge in [0.25, 0.3) is 5.91 Å². The van der Waals surface area contributed by atoms with Crippen molar-refractivity contribution in [3.05, 3.63) is 53.1 Å². The molecule has 2 aromatic carbocycles. The molecule has 1 amide bonds. The summed E-state index contributed by atoms with van der Waals surface area (Å²) in [4.78, 5) is 12.4. The van der Waals surface area contributed by atoms with E-state index in [2.05, 4.69) is 5.32 Å².